The first-order valence-corrected chi connectivity index (χ1v) is 15.6. The molecule has 0 aliphatic heterocycles. The monoisotopic (exact) mass is 622 g/mol. The van der Waals surface area contributed by atoms with Crippen molar-refractivity contribution < 1.29 is 29.4 Å². The van der Waals surface area contributed by atoms with Crippen LogP contribution in [0.3, 0.4) is 0 Å². The number of nitrogens with two attached hydrogens (primary N) is 1. The molecule has 0 saturated heterocycles. The van der Waals surface area contributed by atoms with Gasteiger partial charge in [-0.1, -0.05) is 36.4 Å². The second kappa shape index (κ2) is 14.9. The number of fused-ring (bicyclic) bond motifs is 2. The zero-order valence-corrected chi connectivity index (χ0v) is 25.3. The van der Waals surface area contributed by atoms with Gasteiger partial charge in [0.1, 0.15) is 18.1 Å². The molecule has 0 spiro atoms. The Bertz CT molecular complexity index is 1620. The van der Waals surface area contributed by atoms with Gasteiger partial charge in [-0.15, -0.1) is 0 Å². The number of carboxylic acid groups (broad SMARTS) is 1. The number of aromatic nitrogens is 2. The lowest BCUT2D eigenvalue weighted by atomic mass is 10.0. The largest absolute Gasteiger partial charge is 0.480 e. The van der Waals surface area contributed by atoms with Crippen LogP contribution in [0.4, 0.5) is 0 Å². The van der Waals surface area contributed by atoms with Crippen LogP contribution in [0.5, 0.6) is 0 Å². The molecule has 0 aliphatic rings. The van der Waals surface area contributed by atoms with E-state index in [2.05, 4.69) is 25.9 Å². The van der Waals surface area contributed by atoms with Crippen molar-refractivity contribution in [1.29, 1.82) is 0 Å². The summed E-state index contributed by atoms with van der Waals surface area (Å²) in [6.07, 6.45) is 4.42. The van der Waals surface area contributed by atoms with Crippen LogP contribution in [0, 0.1) is 0 Å². The lowest BCUT2D eigenvalue weighted by Gasteiger charge is -2.26. The highest BCUT2D eigenvalue weighted by Gasteiger charge is 2.33. The number of para-hydroxylation sites is 2. The first-order chi connectivity index (χ1) is 21.1. The summed E-state index contributed by atoms with van der Waals surface area (Å²) >= 11 is 1.43. The number of aliphatic hydroxyl groups is 1. The van der Waals surface area contributed by atoms with E-state index in [1.165, 1.54) is 18.7 Å². The minimum atomic E-state index is -1.47. The highest BCUT2D eigenvalue weighted by atomic mass is 32.2. The van der Waals surface area contributed by atoms with E-state index in [4.69, 9.17) is 5.73 Å². The highest BCUT2D eigenvalue weighted by molar-refractivity contribution is 7.98. The summed E-state index contributed by atoms with van der Waals surface area (Å²) in [7, 11) is 0. The summed E-state index contributed by atoms with van der Waals surface area (Å²) in [5, 5.41) is 29.4. The molecule has 4 rings (SSSR count). The molecule has 2 heterocycles. The van der Waals surface area contributed by atoms with Crippen molar-refractivity contribution in [3.05, 3.63) is 72.1 Å². The molecule has 0 fully saturated rings. The van der Waals surface area contributed by atoms with Crippen molar-refractivity contribution in [3.8, 4) is 0 Å². The van der Waals surface area contributed by atoms with E-state index >= 15 is 0 Å². The van der Waals surface area contributed by atoms with Crippen LogP contribution in [-0.2, 0) is 32.0 Å². The smallest absolute Gasteiger partial charge is 0.326 e. The predicted molar refractivity (Wildman–Crippen MR) is 170 cm³/mol. The number of hydrogen-bond donors (Lipinski definition) is 8. The van der Waals surface area contributed by atoms with E-state index in [1.54, 1.807) is 12.4 Å². The number of thioether (sulfide) groups is 1. The van der Waals surface area contributed by atoms with E-state index in [0.717, 1.165) is 32.9 Å². The van der Waals surface area contributed by atoms with Crippen LogP contribution in [0.2, 0.25) is 0 Å². The minimum absolute atomic E-state index is 0.0566. The third kappa shape index (κ3) is 7.98. The number of aliphatic carboxylic acids is 1. The molecule has 12 nitrogen and oxygen atoms in total. The third-order valence-corrected chi connectivity index (χ3v) is 8.12. The zero-order chi connectivity index (χ0) is 31.8. The summed E-state index contributed by atoms with van der Waals surface area (Å²) in [4.78, 5) is 58.1. The molecule has 0 radical (unpaired) electrons. The van der Waals surface area contributed by atoms with Gasteiger partial charge < -0.3 is 41.9 Å². The number of nitrogens with one attached hydrogen (secondary N) is 5. The summed E-state index contributed by atoms with van der Waals surface area (Å²) in [6.45, 7) is 1.31. The van der Waals surface area contributed by atoms with Crippen LogP contribution in [0.1, 0.15) is 24.5 Å². The number of carbonyl (C=O) groups is 4. The molecule has 2 aromatic heterocycles. The standard InChI is InChI=1S/C31H38N6O6S/c1-17(38)27(30(41)35-25(31(42)43)11-12-44-2)37-29(40)26(14-19-16-34-24-10-6-4-8-21(19)24)36-28(39)22(32)13-18-15-33-23-9-5-3-7-20(18)23/h3-10,15-17,22,25-27,33-34,38H,11-14,32H2,1-2H3,(H,35,41)(H,36,39)(H,37,40)(H,42,43). The van der Waals surface area contributed by atoms with Crippen molar-refractivity contribution in [2.75, 3.05) is 12.0 Å². The Morgan fingerprint density at radius 2 is 1.36 bits per heavy atom. The first-order valence-electron chi connectivity index (χ1n) is 14.3. The zero-order valence-electron chi connectivity index (χ0n) is 24.5. The molecule has 13 heteroatoms. The second-order valence-corrected chi connectivity index (χ2v) is 11.7. The van der Waals surface area contributed by atoms with E-state index in [1.807, 2.05) is 54.8 Å². The molecule has 3 amide bonds. The van der Waals surface area contributed by atoms with E-state index < -0.39 is 54.0 Å². The lowest BCUT2D eigenvalue weighted by Crippen LogP contribution is -2.60. The molecule has 0 bridgehead atoms. The number of aliphatic hydroxyl groups excluding tert-OH is 1. The van der Waals surface area contributed by atoms with E-state index in [9.17, 15) is 29.4 Å². The van der Waals surface area contributed by atoms with Crippen molar-refractivity contribution in [1.82, 2.24) is 25.9 Å². The van der Waals surface area contributed by atoms with Gasteiger partial charge in [-0.2, -0.15) is 11.8 Å². The fourth-order valence-electron chi connectivity index (χ4n) is 5.05. The van der Waals surface area contributed by atoms with Gasteiger partial charge in [0, 0.05) is 40.6 Å². The Balaban J connectivity index is 1.53. The number of hydrogen-bond acceptors (Lipinski definition) is 7. The summed E-state index contributed by atoms with van der Waals surface area (Å²) in [5.74, 6) is -2.90. The fraction of sp³-hybridized carbons (Fsp3) is 0.355. The van der Waals surface area contributed by atoms with Crippen LogP contribution < -0.4 is 21.7 Å². The van der Waals surface area contributed by atoms with Gasteiger partial charge in [0.05, 0.1) is 12.1 Å². The second-order valence-electron chi connectivity index (χ2n) is 10.7. The molecule has 0 aliphatic carbocycles. The summed E-state index contributed by atoms with van der Waals surface area (Å²) in [6, 6.07) is 10.3. The number of H-pyrrole nitrogens is 2. The molecule has 234 valence electrons. The number of benzene rings is 2. The van der Waals surface area contributed by atoms with E-state index in [0.29, 0.717) is 5.75 Å². The molecule has 2 aromatic carbocycles. The molecule has 9 N–H and O–H groups in total. The normalized spacial score (nSPS) is 14.8. The van der Waals surface area contributed by atoms with Crippen molar-refractivity contribution >= 4 is 57.3 Å². The quantitative estimate of drug-likeness (QED) is 0.0972. The third-order valence-electron chi connectivity index (χ3n) is 7.47. The maximum absolute atomic E-state index is 13.7. The highest BCUT2D eigenvalue weighted by Crippen LogP contribution is 2.21. The van der Waals surface area contributed by atoms with Crippen molar-refractivity contribution in [2.45, 2.75) is 56.5 Å². The molecule has 5 unspecified atom stereocenters. The topological polar surface area (TPSA) is 202 Å². The number of rotatable bonds is 15. The molecular formula is C31H38N6O6S. The Kier molecular flexibility index (Phi) is 11.0. The van der Waals surface area contributed by atoms with Gasteiger partial charge in [0.25, 0.3) is 0 Å². The number of carbonyl (C=O) groups excluding carboxylic acids is 3. The molecule has 0 saturated carbocycles. The average molecular weight is 623 g/mol. The van der Waals surface area contributed by atoms with Gasteiger partial charge in [0.2, 0.25) is 17.7 Å². The Morgan fingerprint density at radius 1 is 0.818 bits per heavy atom. The van der Waals surface area contributed by atoms with Crippen LogP contribution in [-0.4, -0.2) is 86.2 Å². The maximum Gasteiger partial charge on any atom is 0.326 e. The first kappa shape index (κ1) is 32.6. The van der Waals surface area contributed by atoms with Crippen molar-refractivity contribution in [3.63, 3.8) is 0 Å². The summed E-state index contributed by atoms with van der Waals surface area (Å²) in [5.41, 5.74) is 9.65. The number of aromatic amines is 2. The minimum Gasteiger partial charge on any atom is -0.480 e. The Hall–Kier alpha value is -4.33. The number of carboxylic acids is 1. The predicted octanol–water partition coefficient (Wildman–Crippen LogP) is 1.43. The van der Waals surface area contributed by atoms with Gasteiger partial charge >= 0.3 is 5.97 Å². The van der Waals surface area contributed by atoms with Gasteiger partial charge in [-0.05, 0) is 55.0 Å². The lowest BCUT2D eigenvalue weighted by molar-refractivity contribution is -0.143. The van der Waals surface area contributed by atoms with Gasteiger partial charge in [0.15, 0.2) is 0 Å². The number of amides is 3. The Labute approximate surface area is 258 Å². The molecule has 4 aromatic rings. The maximum atomic E-state index is 13.7. The Morgan fingerprint density at radius 3 is 1.91 bits per heavy atom. The average Bonchev–Trinajstić information content (AvgIpc) is 3.61. The van der Waals surface area contributed by atoms with Gasteiger partial charge in [-0.25, -0.2) is 4.79 Å². The van der Waals surface area contributed by atoms with Gasteiger partial charge in [-0.3, -0.25) is 14.4 Å². The molecule has 5 atom stereocenters. The fourth-order valence-corrected chi connectivity index (χ4v) is 5.52. The molecule has 44 heavy (non-hydrogen) atoms. The van der Waals surface area contributed by atoms with Crippen LogP contribution >= 0.6 is 11.8 Å². The summed E-state index contributed by atoms with van der Waals surface area (Å²) < 4.78 is 0. The SMILES string of the molecule is CSCCC(NC(=O)C(NC(=O)C(Cc1c[nH]c2ccccc12)NC(=O)C(N)Cc1c[nH]c2ccccc12)C(C)O)C(=O)O. The van der Waals surface area contributed by atoms with Crippen LogP contribution in [0.25, 0.3) is 21.8 Å². The van der Waals surface area contributed by atoms with Crippen LogP contribution in [0.15, 0.2) is 60.9 Å². The molecular weight excluding hydrogens is 584 g/mol. The van der Waals surface area contributed by atoms with E-state index in [-0.39, 0.29) is 19.3 Å². The van der Waals surface area contributed by atoms with Crippen molar-refractivity contribution in [2.24, 2.45) is 5.73 Å².